The molecule has 0 amide bonds. The van der Waals surface area contributed by atoms with E-state index >= 15 is 0 Å². The second kappa shape index (κ2) is 15.3. The van der Waals surface area contributed by atoms with Gasteiger partial charge < -0.3 is 14.3 Å². The summed E-state index contributed by atoms with van der Waals surface area (Å²) in [5.41, 5.74) is 2.11. The molecule has 0 spiro atoms. The number of rotatable bonds is 14. The number of hydrogen-bond donors (Lipinski definition) is 0. The molecule has 4 nitrogen and oxygen atoms in total. The molecule has 1 rings (SSSR count). The van der Waals surface area contributed by atoms with Gasteiger partial charge in [0.2, 0.25) is 0 Å². The number of hydrogen-bond acceptors (Lipinski definition) is 4. The second-order valence-electron chi connectivity index (χ2n) is 7.27. The van der Waals surface area contributed by atoms with E-state index < -0.39 is 0 Å². The van der Waals surface area contributed by atoms with Crippen LogP contribution in [0.15, 0.2) is 31.2 Å². The average Bonchev–Trinajstić information content (AvgIpc) is 2.63. The minimum Gasteiger partial charge on any atom is -0.492 e. The molecule has 1 aromatic rings. The van der Waals surface area contributed by atoms with Crippen molar-refractivity contribution in [2.24, 2.45) is 5.16 Å². The maximum absolute atomic E-state index is 6.13. The van der Waals surface area contributed by atoms with Crippen molar-refractivity contribution in [3.05, 3.63) is 31.6 Å². The molecule has 7 heteroatoms. The Morgan fingerprint density at radius 2 is 1.66 bits per heavy atom. The second-order valence-corrected chi connectivity index (χ2v) is 10.9. The summed E-state index contributed by atoms with van der Waals surface area (Å²) in [6, 6.07) is 4.04. The van der Waals surface area contributed by atoms with E-state index in [2.05, 4.69) is 72.9 Å². The van der Waals surface area contributed by atoms with E-state index in [9.17, 15) is 0 Å². The summed E-state index contributed by atoms with van der Waals surface area (Å²) in [5.74, 6) is 2.10. The number of benzene rings is 1. The summed E-state index contributed by atoms with van der Waals surface area (Å²) in [4.78, 5) is 5.22. The van der Waals surface area contributed by atoms with Gasteiger partial charge in [0, 0.05) is 5.56 Å². The van der Waals surface area contributed by atoms with E-state index in [1.165, 1.54) is 6.42 Å². The molecule has 0 aliphatic rings. The van der Waals surface area contributed by atoms with Crippen LogP contribution in [0, 0.1) is 0 Å². The van der Waals surface area contributed by atoms with Crippen LogP contribution in [0.1, 0.15) is 71.3 Å². The van der Waals surface area contributed by atoms with Crippen molar-refractivity contribution in [1.29, 1.82) is 0 Å². The van der Waals surface area contributed by atoms with Crippen LogP contribution in [0.2, 0.25) is 0 Å². The van der Waals surface area contributed by atoms with E-state index in [0.29, 0.717) is 25.7 Å². The van der Waals surface area contributed by atoms with Crippen LogP contribution in [0.25, 0.3) is 0 Å². The topological polar surface area (TPSA) is 40.0 Å². The van der Waals surface area contributed by atoms with Gasteiger partial charge in [-0.15, -0.1) is 0 Å². The third-order valence-electron chi connectivity index (χ3n) is 4.03. The van der Waals surface area contributed by atoms with E-state index in [1.54, 1.807) is 0 Å². The smallest absolute Gasteiger partial charge is 0.137 e. The molecule has 0 aromatic heterocycles. The van der Waals surface area contributed by atoms with Gasteiger partial charge in [0.25, 0.3) is 0 Å². The zero-order valence-electron chi connectivity index (χ0n) is 17.8. The van der Waals surface area contributed by atoms with Gasteiger partial charge in [0.05, 0.1) is 20.2 Å². The largest absolute Gasteiger partial charge is 0.492 e. The van der Waals surface area contributed by atoms with E-state index in [4.69, 9.17) is 14.3 Å². The lowest BCUT2D eigenvalue weighted by Gasteiger charge is -2.18. The van der Waals surface area contributed by atoms with Gasteiger partial charge in [-0.05, 0) is 105 Å². The molecule has 0 fully saturated rings. The van der Waals surface area contributed by atoms with E-state index in [1.807, 2.05) is 26.0 Å². The van der Waals surface area contributed by atoms with Gasteiger partial charge in [-0.2, -0.15) is 0 Å². The van der Waals surface area contributed by atoms with Crippen LogP contribution in [0.3, 0.4) is 0 Å². The number of unbranched alkanes of at least 4 members (excludes halogenated alkanes) is 4. The summed E-state index contributed by atoms with van der Waals surface area (Å²) in [5, 5.41) is 3.94. The molecule has 29 heavy (non-hydrogen) atoms. The van der Waals surface area contributed by atoms with Gasteiger partial charge in [-0.3, -0.25) is 0 Å². The van der Waals surface area contributed by atoms with Crippen molar-refractivity contribution < 1.29 is 14.3 Å². The fraction of sp³-hybridized carbons (Fsp3) is 0.591. The molecule has 0 radical (unpaired) electrons. The van der Waals surface area contributed by atoms with Crippen molar-refractivity contribution in [3.63, 3.8) is 0 Å². The summed E-state index contributed by atoms with van der Waals surface area (Å²) in [6.45, 7) is 10.1. The maximum Gasteiger partial charge on any atom is 0.137 e. The molecule has 164 valence electrons. The third-order valence-corrected chi connectivity index (χ3v) is 5.27. The molecule has 0 aliphatic carbocycles. The normalized spacial score (nSPS) is 10.6. The molecule has 0 aliphatic heterocycles. The molecule has 0 saturated heterocycles. The fourth-order valence-electron chi connectivity index (χ4n) is 2.60. The molecular weight excluding hydrogens is 566 g/mol. The first kappa shape index (κ1) is 26.5. The summed E-state index contributed by atoms with van der Waals surface area (Å²) in [6.07, 6.45) is 7.49. The zero-order chi connectivity index (χ0) is 21.6. The molecular formula is C22H32Br3NO3. The monoisotopic (exact) mass is 595 g/mol. The minimum atomic E-state index is 0.345. The summed E-state index contributed by atoms with van der Waals surface area (Å²) >= 11 is 10.3. The highest BCUT2D eigenvalue weighted by Crippen LogP contribution is 2.38. The maximum atomic E-state index is 6.13. The minimum absolute atomic E-state index is 0.345. The zero-order valence-corrected chi connectivity index (χ0v) is 22.5. The van der Waals surface area contributed by atoms with E-state index in [-0.39, 0.29) is 0 Å². The molecule has 0 heterocycles. The van der Waals surface area contributed by atoms with Crippen LogP contribution < -0.4 is 9.47 Å². The highest BCUT2D eigenvalue weighted by molar-refractivity contribution is 9.28. The fourth-order valence-corrected chi connectivity index (χ4v) is 3.44. The Bertz CT molecular complexity index is 668. The van der Waals surface area contributed by atoms with Crippen molar-refractivity contribution >= 4 is 53.5 Å². The number of ether oxygens (including phenoxy) is 2. The van der Waals surface area contributed by atoms with Gasteiger partial charge >= 0.3 is 0 Å². The predicted molar refractivity (Wildman–Crippen MR) is 133 cm³/mol. The van der Waals surface area contributed by atoms with Gasteiger partial charge in [-0.1, -0.05) is 31.8 Å². The Hall–Kier alpha value is -0.530. The number of oxime groups is 1. The molecule has 0 saturated carbocycles. The number of nitrogens with zero attached hydrogens (tertiary/aromatic N) is 1. The van der Waals surface area contributed by atoms with Crippen molar-refractivity contribution in [2.75, 3.05) is 19.8 Å². The Morgan fingerprint density at radius 3 is 2.28 bits per heavy atom. The Morgan fingerprint density at radius 1 is 1.00 bits per heavy atom. The lowest BCUT2D eigenvalue weighted by molar-refractivity contribution is 0.139. The first-order valence-electron chi connectivity index (χ1n) is 10.0. The van der Waals surface area contributed by atoms with Gasteiger partial charge in [0.1, 0.15) is 24.7 Å². The van der Waals surface area contributed by atoms with Gasteiger partial charge in [0.15, 0.2) is 0 Å². The van der Waals surface area contributed by atoms with E-state index in [0.717, 1.165) is 56.3 Å². The van der Waals surface area contributed by atoms with Crippen LogP contribution >= 0.6 is 47.8 Å². The predicted octanol–water partition coefficient (Wildman–Crippen LogP) is 8.32. The number of halogens is 3. The Labute approximate surface area is 200 Å². The first-order valence-corrected chi connectivity index (χ1v) is 12.4. The molecule has 0 N–H and O–H groups in total. The highest BCUT2D eigenvalue weighted by Gasteiger charge is 2.14. The van der Waals surface area contributed by atoms with Crippen LogP contribution in [0.4, 0.5) is 0 Å². The van der Waals surface area contributed by atoms with Crippen molar-refractivity contribution in [3.8, 4) is 11.5 Å². The summed E-state index contributed by atoms with van der Waals surface area (Å²) in [7, 11) is 0. The molecule has 0 unspecified atom stereocenters. The standard InChI is InChI=1S/C22H32Br3NO3/c1-16(2)19-14-18(27-13-10-21(24)25)15-20(23)22(19)28-11-8-6-5-7-9-12-29-26-17(3)4/h10,14-16H,5-9,11-13H2,1-4H3. The third kappa shape index (κ3) is 12.0. The Balaban J connectivity index is 2.42. The van der Waals surface area contributed by atoms with Crippen LogP contribution in [-0.2, 0) is 4.84 Å². The SMILES string of the molecule is CC(C)=NOCCCCCCCOc1c(Br)cc(OCC=C(Br)Br)cc1C(C)C. The molecule has 0 bridgehead atoms. The van der Waals surface area contributed by atoms with Crippen molar-refractivity contribution in [2.45, 2.75) is 65.7 Å². The lowest BCUT2D eigenvalue weighted by atomic mass is 10.0. The van der Waals surface area contributed by atoms with Crippen LogP contribution in [0.5, 0.6) is 11.5 Å². The highest BCUT2D eigenvalue weighted by atomic mass is 79.9. The molecule has 0 atom stereocenters. The van der Waals surface area contributed by atoms with Gasteiger partial charge in [-0.25, -0.2) is 0 Å². The summed E-state index contributed by atoms with van der Waals surface area (Å²) < 4.78 is 13.8. The lowest BCUT2D eigenvalue weighted by Crippen LogP contribution is -2.04. The quantitative estimate of drug-likeness (QED) is 0.123. The average molecular weight is 598 g/mol. The van der Waals surface area contributed by atoms with Crippen LogP contribution in [-0.4, -0.2) is 25.5 Å². The molecule has 1 aromatic carbocycles. The van der Waals surface area contributed by atoms with Crippen molar-refractivity contribution in [1.82, 2.24) is 0 Å². The first-order chi connectivity index (χ1) is 13.8. The Kier molecular flexibility index (Phi) is 14.0.